The topological polar surface area (TPSA) is 54.0 Å². The molecule has 0 aromatic carbocycles. The van der Waals surface area contributed by atoms with Gasteiger partial charge in [-0.05, 0) is 31.0 Å². The van der Waals surface area contributed by atoms with Gasteiger partial charge in [0.25, 0.3) is 0 Å². The fourth-order valence-electron chi connectivity index (χ4n) is 1.72. The molecule has 0 unspecified atom stereocenters. The van der Waals surface area contributed by atoms with Crippen LogP contribution in [0.5, 0.6) is 0 Å². The Morgan fingerprint density at radius 2 is 2.35 bits per heavy atom. The van der Waals surface area contributed by atoms with Crippen molar-refractivity contribution in [3.05, 3.63) is 30.1 Å². The van der Waals surface area contributed by atoms with Crippen LogP contribution in [0.4, 0.5) is 0 Å². The van der Waals surface area contributed by atoms with Gasteiger partial charge in [0, 0.05) is 18.9 Å². The maximum absolute atomic E-state index is 11.6. The van der Waals surface area contributed by atoms with Crippen molar-refractivity contribution < 1.29 is 4.79 Å². The van der Waals surface area contributed by atoms with Gasteiger partial charge in [-0.3, -0.25) is 9.78 Å². The summed E-state index contributed by atoms with van der Waals surface area (Å²) in [5, 5.41) is 6.06. The van der Waals surface area contributed by atoms with Crippen LogP contribution in [0, 0.1) is 0 Å². The van der Waals surface area contributed by atoms with E-state index in [1.54, 1.807) is 12.4 Å². The minimum absolute atomic E-state index is 0. The average molecular weight is 278 g/mol. The van der Waals surface area contributed by atoms with Crippen molar-refractivity contribution >= 4 is 30.7 Å². The van der Waals surface area contributed by atoms with Gasteiger partial charge in [0.15, 0.2) is 0 Å². The molecule has 17 heavy (non-hydrogen) atoms. The molecular weight excluding hydrogens is 261 g/mol. The molecule has 1 amide bonds. The number of rotatable bonds is 3. The lowest BCUT2D eigenvalue weighted by molar-refractivity contribution is -0.122. The zero-order valence-corrected chi connectivity index (χ0v) is 11.0. The van der Waals surface area contributed by atoms with Gasteiger partial charge in [-0.1, -0.05) is 6.07 Å². The zero-order chi connectivity index (χ0) is 10.5. The van der Waals surface area contributed by atoms with Crippen LogP contribution < -0.4 is 10.6 Å². The van der Waals surface area contributed by atoms with Crippen molar-refractivity contribution in [3.63, 3.8) is 0 Å². The van der Waals surface area contributed by atoms with E-state index in [2.05, 4.69) is 15.6 Å². The first-order valence-corrected chi connectivity index (χ1v) is 5.26. The molecule has 0 radical (unpaired) electrons. The average Bonchev–Trinajstić information content (AvgIpc) is 2.81. The third kappa shape index (κ3) is 4.89. The monoisotopic (exact) mass is 277 g/mol. The Morgan fingerprint density at radius 3 is 2.94 bits per heavy atom. The normalized spacial score (nSPS) is 17.8. The van der Waals surface area contributed by atoms with Gasteiger partial charge < -0.3 is 10.6 Å². The molecule has 1 fully saturated rings. The second-order valence-electron chi connectivity index (χ2n) is 3.73. The second kappa shape index (κ2) is 8.28. The fraction of sp³-hybridized carbons (Fsp3) is 0.455. The Labute approximate surface area is 113 Å². The van der Waals surface area contributed by atoms with E-state index in [0.29, 0.717) is 6.54 Å². The lowest BCUT2D eigenvalue weighted by Gasteiger charge is -2.10. The van der Waals surface area contributed by atoms with Crippen molar-refractivity contribution in [1.29, 1.82) is 0 Å². The second-order valence-corrected chi connectivity index (χ2v) is 3.73. The van der Waals surface area contributed by atoms with Gasteiger partial charge in [-0.15, -0.1) is 24.8 Å². The molecule has 1 aromatic rings. The van der Waals surface area contributed by atoms with E-state index in [1.807, 2.05) is 12.1 Å². The first kappa shape index (κ1) is 16.2. The van der Waals surface area contributed by atoms with Crippen molar-refractivity contribution in [1.82, 2.24) is 15.6 Å². The number of carbonyl (C=O) groups is 1. The molecule has 4 nitrogen and oxygen atoms in total. The molecule has 1 aromatic heterocycles. The van der Waals surface area contributed by atoms with Crippen molar-refractivity contribution in [2.75, 3.05) is 6.54 Å². The summed E-state index contributed by atoms with van der Waals surface area (Å²) in [5.41, 5.74) is 1.03. The quantitative estimate of drug-likeness (QED) is 0.876. The van der Waals surface area contributed by atoms with E-state index in [0.717, 1.165) is 24.9 Å². The molecule has 0 spiro atoms. The van der Waals surface area contributed by atoms with E-state index in [-0.39, 0.29) is 36.8 Å². The highest BCUT2D eigenvalue weighted by Crippen LogP contribution is 2.05. The maximum atomic E-state index is 11.6. The molecule has 1 aliphatic heterocycles. The summed E-state index contributed by atoms with van der Waals surface area (Å²) in [7, 11) is 0. The summed E-state index contributed by atoms with van der Waals surface area (Å²) in [6.07, 6.45) is 5.52. The van der Waals surface area contributed by atoms with Gasteiger partial charge in [-0.2, -0.15) is 0 Å². The lowest BCUT2D eigenvalue weighted by Crippen LogP contribution is -2.39. The van der Waals surface area contributed by atoms with Crippen LogP contribution in [0.2, 0.25) is 0 Å². The summed E-state index contributed by atoms with van der Waals surface area (Å²) in [4.78, 5) is 15.6. The van der Waals surface area contributed by atoms with E-state index < -0.39 is 0 Å². The SMILES string of the molecule is Cl.Cl.O=C(NCc1cccnc1)[C@@H]1CCCN1. The molecule has 1 aliphatic rings. The van der Waals surface area contributed by atoms with Gasteiger partial charge in [0.1, 0.15) is 0 Å². The first-order chi connectivity index (χ1) is 7.36. The van der Waals surface area contributed by atoms with Crippen LogP contribution in [-0.2, 0) is 11.3 Å². The first-order valence-electron chi connectivity index (χ1n) is 5.26. The Balaban J connectivity index is 0.00000128. The molecule has 0 aliphatic carbocycles. The van der Waals surface area contributed by atoms with Gasteiger partial charge >= 0.3 is 0 Å². The number of pyridine rings is 1. The minimum Gasteiger partial charge on any atom is -0.351 e. The zero-order valence-electron chi connectivity index (χ0n) is 9.39. The number of carbonyl (C=O) groups excluding carboxylic acids is 1. The van der Waals surface area contributed by atoms with Crippen molar-refractivity contribution in [2.45, 2.75) is 25.4 Å². The minimum atomic E-state index is 0. The largest absolute Gasteiger partial charge is 0.351 e. The van der Waals surface area contributed by atoms with Gasteiger partial charge in [-0.25, -0.2) is 0 Å². The predicted molar refractivity (Wildman–Crippen MR) is 71.6 cm³/mol. The van der Waals surface area contributed by atoms with Crippen LogP contribution in [-0.4, -0.2) is 23.5 Å². The summed E-state index contributed by atoms with van der Waals surface area (Å²) in [5.74, 6) is 0.0938. The van der Waals surface area contributed by atoms with E-state index in [1.165, 1.54) is 0 Å². The number of hydrogen-bond acceptors (Lipinski definition) is 3. The fourth-order valence-corrected chi connectivity index (χ4v) is 1.72. The van der Waals surface area contributed by atoms with E-state index in [4.69, 9.17) is 0 Å². The molecular formula is C11H17Cl2N3O. The van der Waals surface area contributed by atoms with Crippen LogP contribution >= 0.6 is 24.8 Å². The Bertz CT molecular complexity index is 329. The standard InChI is InChI=1S/C11H15N3O.2ClH/c15-11(10-4-2-6-13-10)14-8-9-3-1-5-12-7-9;;/h1,3,5,7,10,13H,2,4,6,8H2,(H,14,15);2*1H/t10-;;/m0../s1. The highest BCUT2D eigenvalue weighted by atomic mass is 35.5. The summed E-state index contributed by atoms with van der Waals surface area (Å²) in [6, 6.07) is 3.83. The molecule has 2 rings (SSSR count). The molecule has 0 bridgehead atoms. The number of nitrogens with one attached hydrogen (secondary N) is 2. The Hall–Kier alpha value is -0.840. The number of hydrogen-bond donors (Lipinski definition) is 2. The number of amides is 1. The maximum Gasteiger partial charge on any atom is 0.237 e. The summed E-state index contributed by atoms with van der Waals surface area (Å²) in [6.45, 7) is 1.51. The number of aromatic nitrogens is 1. The van der Waals surface area contributed by atoms with Crippen LogP contribution in [0.15, 0.2) is 24.5 Å². The third-order valence-electron chi connectivity index (χ3n) is 2.57. The predicted octanol–water partition coefficient (Wildman–Crippen LogP) is 1.29. The van der Waals surface area contributed by atoms with Gasteiger partial charge in [0.05, 0.1) is 6.04 Å². The smallest absolute Gasteiger partial charge is 0.237 e. The third-order valence-corrected chi connectivity index (χ3v) is 2.57. The Morgan fingerprint density at radius 1 is 1.53 bits per heavy atom. The molecule has 0 saturated carbocycles. The van der Waals surface area contributed by atoms with Crippen LogP contribution in [0.25, 0.3) is 0 Å². The highest BCUT2D eigenvalue weighted by molar-refractivity contribution is 5.85. The number of halogens is 2. The Kier molecular flexibility index (Phi) is 7.87. The summed E-state index contributed by atoms with van der Waals surface area (Å²) < 4.78 is 0. The molecule has 6 heteroatoms. The van der Waals surface area contributed by atoms with E-state index >= 15 is 0 Å². The molecule has 1 atom stereocenters. The summed E-state index contributed by atoms with van der Waals surface area (Å²) >= 11 is 0. The number of nitrogens with zero attached hydrogens (tertiary/aromatic N) is 1. The van der Waals surface area contributed by atoms with Crippen LogP contribution in [0.3, 0.4) is 0 Å². The molecule has 2 N–H and O–H groups in total. The van der Waals surface area contributed by atoms with Crippen molar-refractivity contribution in [3.8, 4) is 0 Å². The van der Waals surface area contributed by atoms with Crippen LogP contribution in [0.1, 0.15) is 18.4 Å². The molecule has 1 saturated heterocycles. The van der Waals surface area contributed by atoms with E-state index in [9.17, 15) is 4.79 Å². The van der Waals surface area contributed by atoms with Crippen molar-refractivity contribution in [2.24, 2.45) is 0 Å². The molecule has 2 heterocycles. The lowest BCUT2D eigenvalue weighted by atomic mass is 10.2. The molecule has 96 valence electrons. The highest BCUT2D eigenvalue weighted by Gasteiger charge is 2.21. The van der Waals surface area contributed by atoms with Gasteiger partial charge in [0.2, 0.25) is 5.91 Å².